The van der Waals surface area contributed by atoms with Gasteiger partial charge in [0.15, 0.2) is 0 Å². The first-order valence-electron chi connectivity index (χ1n) is 9.06. The predicted octanol–water partition coefficient (Wildman–Crippen LogP) is 3.64. The maximum atomic E-state index is 12.5. The first-order valence-corrected chi connectivity index (χ1v) is 9.06. The van der Waals surface area contributed by atoms with Gasteiger partial charge in [-0.3, -0.25) is 9.69 Å². The molecule has 124 valence electrons. The standard InChI is InChI=1S/C19H31NO2/c1-4-5-13-6-8-14(9-7-13)16-12-15-10-11-17(20(15)2)18(16)19(21)22-3/h4,13-18H,1,5-12H2,2-3H3/t13?,14?,15-,16-,17?,18?/m1/s1. The summed E-state index contributed by atoms with van der Waals surface area (Å²) in [4.78, 5) is 14.9. The van der Waals surface area contributed by atoms with Crippen molar-refractivity contribution in [2.75, 3.05) is 14.2 Å². The number of hydrogen-bond donors (Lipinski definition) is 0. The van der Waals surface area contributed by atoms with Crippen LogP contribution in [0.25, 0.3) is 0 Å². The molecule has 22 heavy (non-hydrogen) atoms. The number of ether oxygens (including phenoxy) is 1. The molecule has 2 bridgehead atoms. The number of hydrogen-bond acceptors (Lipinski definition) is 3. The van der Waals surface area contributed by atoms with Gasteiger partial charge >= 0.3 is 5.97 Å². The first-order chi connectivity index (χ1) is 10.7. The zero-order valence-corrected chi connectivity index (χ0v) is 14.2. The molecule has 2 aliphatic heterocycles. The van der Waals surface area contributed by atoms with Crippen molar-refractivity contribution >= 4 is 5.97 Å². The zero-order valence-electron chi connectivity index (χ0n) is 14.2. The lowest BCUT2D eigenvalue weighted by Gasteiger charge is -2.46. The van der Waals surface area contributed by atoms with E-state index in [4.69, 9.17) is 4.74 Å². The third-order valence-electron chi connectivity index (χ3n) is 6.79. The van der Waals surface area contributed by atoms with E-state index in [0.717, 1.165) is 18.3 Å². The smallest absolute Gasteiger partial charge is 0.310 e. The van der Waals surface area contributed by atoms with Crippen molar-refractivity contribution in [3.8, 4) is 0 Å². The summed E-state index contributed by atoms with van der Waals surface area (Å²) in [6.07, 6.45) is 12.1. The first kappa shape index (κ1) is 16.0. The maximum absolute atomic E-state index is 12.5. The lowest BCUT2D eigenvalue weighted by atomic mass is 9.66. The summed E-state index contributed by atoms with van der Waals surface area (Å²) in [7, 11) is 3.76. The van der Waals surface area contributed by atoms with Crippen LogP contribution in [0.2, 0.25) is 0 Å². The number of carbonyl (C=O) groups is 1. The average molecular weight is 305 g/mol. The minimum absolute atomic E-state index is 0.0374. The normalized spacial score (nSPS) is 42.1. The van der Waals surface area contributed by atoms with Gasteiger partial charge in [0.1, 0.15) is 0 Å². The molecular formula is C19H31NO2. The van der Waals surface area contributed by atoms with Crippen molar-refractivity contribution in [1.82, 2.24) is 4.90 Å². The number of carbonyl (C=O) groups excluding carboxylic acids is 1. The van der Waals surface area contributed by atoms with Gasteiger partial charge in [-0.2, -0.15) is 0 Å². The van der Waals surface area contributed by atoms with Crippen LogP contribution in [-0.4, -0.2) is 37.1 Å². The van der Waals surface area contributed by atoms with Crippen LogP contribution in [0.5, 0.6) is 0 Å². The van der Waals surface area contributed by atoms with Crippen LogP contribution < -0.4 is 0 Å². The van der Waals surface area contributed by atoms with Gasteiger partial charge < -0.3 is 4.74 Å². The second kappa shape index (κ2) is 6.74. The minimum Gasteiger partial charge on any atom is -0.469 e. The fourth-order valence-electron chi connectivity index (χ4n) is 5.55. The molecule has 3 fully saturated rings. The fourth-order valence-corrected chi connectivity index (χ4v) is 5.55. The molecule has 4 atom stereocenters. The van der Waals surface area contributed by atoms with E-state index in [0.29, 0.717) is 18.0 Å². The zero-order chi connectivity index (χ0) is 15.7. The minimum atomic E-state index is 0.0374. The van der Waals surface area contributed by atoms with Crippen molar-refractivity contribution in [3.05, 3.63) is 12.7 Å². The molecule has 0 aromatic rings. The Morgan fingerprint density at radius 2 is 1.95 bits per heavy atom. The monoisotopic (exact) mass is 305 g/mol. The molecule has 1 aliphatic carbocycles. The van der Waals surface area contributed by atoms with E-state index in [9.17, 15) is 4.79 Å². The summed E-state index contributed by atoms with van der Waals surface area (Å²) >= 11 is 0. The predicted molar refractivity (Wildman–Crippen MR) is 88.4 cm³/mol. The van der Waals surface area contributed by atoms with Crippen molar-refractivity contribution in [2.24, 2.45) is 23.7 Å². The number of esters is 1. The Balaban J connectivity index is 1.71. The summed E-state index contributed by atoms with van der Waals surface area (Å²) in [5, 5.41) is 0. The van der Waals surface area contributed by atoms with Crippen LogP contribution in [0.1, 0.15) is 51.4 Å². The summed E-state index contributed by atoms with van der Waals surface area (Å²) < 4.78 is 5.19. The van der Waals surface area contributed by atoms with E-state index in [1.165, 1.54) is 44.9 Å². The molecule has 3 nitrogen and oxygen atoms in total. The molecule has 2 heterocycles. The Labute approximate surface area is 135 Å². The molecular weight excluding hydrogens is 274 g/mol. The number of nitrogens with zero attached hydrogens (tertiary/aromatic N) is 1. The van der Waals surface area contributed by atoms with Crippen LogP contribution >= 0.6 is 0 Å². The van der Waals surface area contributed by atoms with E-state index in [1.807, 2.05) is 0 Å². The highest BCUT2D eigenvalue weighted by atomic mass is 16.5. The molecule has 2 saturated heterocycles. The molecule has 0 aromatic carbocycles. The van der Waals surface area contributed by atoms with Crippen LogP contribution in [0, 0.1) is 23.7 Å². The van der Waals surface area contributed by atoms with Gasteiger partial charge in [0.25, 0.3) is 0 Å². The Bertz CT molecular complexity index is 414. The van der Waals surface area contributed by atoms with Gasteiger partial charge in [-0.15, -0.1) is 6.58 Å². The van der Waals surface area contributed by atoms with E-state index in [1.54, 1.807) is 7.11 Å². The van der Waals surface area contributed by atoms with Crippen LogP contribution in [0.3, 0.4) is 0 Å². The van der Waals surface area contributed by atoms with E-state index >= 15 is 0 Å². The highest BCUT2D eigenvalue weighted by Crippen LogP contribution is 2.48. The number of methoxy groups -OCH3 is 1. The quantitative estimate of drug-likeness (QED) is 0.586. The molecule has 0 aromatic heterocycles. The van der Waals surface area contributed by atoms with E-state index in [-0.39, 0.29) is 11.9 Å². The summed E-state index contributed by atoms with van der Waals surface area (Å²) in [6, 6.07) is 1.11. The molecule has 2 unspecified atom stereocenters. The van der Waals surface area contributed by atoms with Gasteiger partial charge in [-0.1, -0.05) is 6.08 Å². The lowest BCUT2D eigenvalue weighted by Crippen LogP contribution is -2.52. The largest absolute Gasteiger partial charge is 0.469 e. The lowest BCUT2D eigenvalue weighted by molar-refractivity contribution is -0.154. The Kier molecular flexibility index (Phi) is 4.91. The molecule has 0 radical (unpaired) electrons. The molecule has 3 aliphatic rings. The van der Waals surface area contributed by atoms with Crippen molar-refractivity contribution < 1.29 is 9.53 Å². The van der Waals surface area contributed by atoms with Crippen molar-refractivity contribution in [2.45, 2.75) is 63.5 Å². The molecule has 3 heteroatoms. The molecule has 0 amide bonds. The Hall–Kier alpha value is -0.830. The van der Waals surface area contributed by atoms with E-state index < -0.39 is 0 Å². The SMILES string of the molecule is C=CCC1CCC([C@H]2C[C@H]3CCC(C2C(=O)OC)N3C)CC1. The number of allylic oxidation sites excluding steroid dienone is 1. The molecule has 0 N–H and O–H groups in total. The summed E-state index contributed by atoms with van der Waals surface area (Å²) in [5.41, 5.74) is 0. The number of piperidine rings is 1. The third-order valence-corrected chi connectivity index (χ3v) is 6.79. The Morgan fingerprint density at radius 3 is 2.59 bits per heavy atom. The second-order valence-corrected chi connectivity index (χ2v) is 7.72. The summed E-state index contributed by atoms with van der Waals surface area (Å²) in [6.45, 7) is 3.88. The van der Waals surface area contributed by atoms with Gasteiger partial charge in [0.05, 0.1) is 13.0 Å². The van der Waals surface area contributed by atoms with Crippen LogP contribution in [0.15, 0.2) is 12.7 Å². The highest BCUT2D eigenvalue weighted by molar-refractivity contribution is 5.74. The van der Waals surface area contributed by atoms with Gasteiger partial charge in [-0.25, -0.2) is 0 Å². The van der Waals surface area contributed by atoms with Gasteiger partial charge in [0.2, 0.25) is 0 Å². The number of fused-ring (bicyclic) bond motifs is 2. The van der Waals surface area contributed by atoms with E-state index in [2.05, 4.69) is 24.6 Å². The van der Waals surface area contributed by atoms with Gasteiger partial charge in [0, 0.05) is 12.1 Å². The molecule has 0 spiro atoms. The molecule has 3 rings (SSSR count). The maximum Gasteiger partial charge on any atom is 0.310 e. The Morgan fingerprint density at radius 1 is 1.23 bits per heavy atom. The van der Waals surface area contributed by atoms with Crippen LogP contribution in [0.4, 0.5) is 0 Å². The van der Waals surface area contributed by atoms with Crippen molar-refractivity contribution in [3.63, 3.8) is 0 Å². The number of rotatable bonds is 4. The van der Waals surface area contributed by atoms with Crippen LogP contribution in [-0.2, 0) is 9.53 Å². The third kappa shape index (κ3) is 2.84. The van der Waals surface area contributed by atoms with Gasteiger partial charge in [-0.05, 0) is 76.2 Å². The fraction of sp³-hybridized carbons (Fsp3) is 0.842. The second-order valence-electron chi connectivity index (χ2n) is 7.72. The molecule has 1 saturated carbocycles. The highest BCUT2D eigenvalue weighted by Gasteiger charge is 2.51. The topological polar surface area (TPSA) is 29.5 Å². The summed E-state index contributed by atoms with van der Waals surface area (Å²) in [5.74, 6) is 2.24. The average Bonchev–Trinajstić information content (AvgIpc) is 2.77. The van der Waals surface area contributed by atoms with Crippen molar-refractivity contribution in [1.29, 1.82) is 0 Å².